The molecular weight excluding hydrogens is 343 g/mol. The van der Waals surface area contributed by atoms with Crippen LogP contribution in [0.5, 0.6) is 0 Å². The van der Waals surface area contributed by atoms with E-state index in [1.807, 2.05) is 11.8 Å². The molecule has 5 nitrogen and oxygen atoms in total. The molecule has 134 valence electrons. The van der Waals surface area contributed by atoms with Crippen LogP contribution >= 0.6 is 11.8 Å². The summed E-state index contributed by atoms with van der Waals surface area (Å²) in [5.74, 6) is 2.11. The lowest BCUT2D eigenvalue weighted by molar-refractivity contribution is -0.117. The molecule has 0 radical (unpaired) electrons. The van der Waals surface area contributed by atoms with Crippen molar-refractivity contribution in [2.24, 2.45) is 5.41 Å². The average Bonchev–Trinajstić information content (AvgIpc) is 2.85. The van der Waals surface area contributed by atoms with Gasteiger partial charge >= 0.3 is 6.09 Å². The largest absolute Gasteiger partial charge is 0.444 e. The summed E-state index contributed by atoms with van der Waals surface area (Å²) in [6, 6.07) is 4.93. The Labute approximate surface area is 150 Å². The van der Waals surface area contributed by atoms with E-state index in [1.54, 1.807) is 12.1 Å². The number of halogens is 1. The maximum Gasteiger partial charge on any atom is 0.414 e. The van der Waals surface area contributed by atoms with Crippen LogP contribution in [0.2, 0.25) is 0 Å². The quantitative estimate of drug-likeness (QED) is 0.804. The third-order valence-corrected chi connectivity index (χ3v) is 6.78. The number of anilines is 2. The third kappa shape index (κ3) is 3.10. The number of nitrogens with zero attached hydrogens (tertiary/aromatic N) is 2. The van der Waals surface area contributed by atoms with Gasteiger partial charge in [0, 0.05) is 36.4 Å². The lowest BCUT2D eigenvalue weighted by Crippen LogP contribution is -2.63. The Balaban J connectivity index is 1.42. The van der Waals surface area contributed by atoms with E-state index in [0.29, 0.717) is 36.2 Å². The number of hydrogen-bond acceptors (Lipinski definition) is 5. The first kappa shape index (κ1) is 16.7. The molecule has 4 rings (SSSR count). The van der Waals surface area contributed by atoms with Crippen molar-refractivity contribution in [1.82, 2.24) is 0 Å². The van der Waals surface area contributed by atoms with Crippen LogP contribution < -0.4 is 9.80 Å². The van der Waals surface area contributed by atoms with Crippen molar-refractivity contribution >= 4 is 35.0 Å². The first-order valence-electron chi connectivity index (χ1n) is 8.56. The summed E-state index contributed by atoms with van der Waals surface area (Å²) in [6.07, 6.45) is 0.0979. The lowest BCUT2D eigenvalue weighted by atomic mass is 9.82. The Kier molecular flexibility index (Phi) is 4.14. The second kappa shape index (κ2) is 6.20. The van der Waals surface area contributed by atoms with E-state index in [2.05, 4.69) is 4.90 Å². The second-order valence-electron chi connectivity index (χ2n) is 7.34. The Morgan fingerprint density at radius 3 is 2.76 bits per heavy atom. The van der Waals surface area contributed by atoms with Crippen molar-refractivity contribution in [3.63, 3.8) is 0 Å². The number of carbonyl (C=O) groups excluding carboxylic acids is 2. The number of ketones is 1. The third-order valence-electron chi connectivity index (χ3n) is 5.15. The molecule has 1 atom stereocenters. The van der Waals surface area contributed by atoms with Crippen molar-refractivity contribution in [3.05, 3.63) is 24.0 Å². The summed E-state index contributed by atoms with van der Waals surface area (Å²) in [5, 5.41) is 0. The number of rotatable bonds is 5. The van der Waals surface area contributed by atoms with Gasteiger partial charge in [-0.25, -0.2) is 9.18 Å². The minimum atomic E-state index is -0.477. The molecule has 3 aliphatic rings. The number of hydrogen-bond donors (Lipinski definition) is 0. The van der Waals surface area contributed by atoms with Crippen molar-refractivity contribution in [3.8, 4) is 0 Å². The zero-order chi connectivity index (χ0) is 17.6. The predicted molar refractivity (Wildman–Crippen MR) is 95.9 cm³/mol. The minimum absolute atomic E-state index is 0.0714. The molecule has 1 aromatic rings. The predicted octanol–water partition coefficient (Wildman–Crippen LogP) is 3.07. The molecule has 25 heavy (non-hydrogen) atoms. The summed E-state index contributed by atoms with van der Waals surface area (Å²) < 4.78 is 19.8. The van der Waals surface area contributed by atoms with Gasteiger partial charge in [0.1, 0.15) is 17.7 Å². The van der Waals surface area contributed by atoms with Gasteiger partial charge in [-0.2, -0.15) is 11.8 Å². The van der Waals surface area contributed by atoms with Crippen molar-refractivity contribution in [1.29, 1.82) is 0 Å². The Hall–Kier alpha value is -1.76. The van der Waals surface area contributed by atoms with Gasteiger partial charge in [0.2, 0.25) is 0 Å². The Bertz CT molecular complexity index is 714. The van der Waals surface area contributed by atoms with Crippen LogP contribution in [0.4, 0.5) is 20.6 Å². The number of ether oxygens (including phenoxy) is 1. The highest BCUT2D eigenvalue weighted by Crippen LogP contribution is 2.47. The standard InChI is InChI=1S/C18H21FN2O3S/c1-12(22)2-4-14-7-21(17(23)24-14)13-3-5-16(15(19)6-13)20-8-18(9-20)10-25-11-18/h3,5-6,14H,2,4,7-11H2,1H3/t14-/m0/s1. The summed E-state index contributed by atoms with van der Waals surface area (Å²) in [6.45, 7) is 3.70. The highest BCUT2D eigenvalue weighted by atomic mass is 32.2. The van der Waals surface area contributed by atoms with Gasteiger partial charge in [-0.05, 0) is 31.5 Å². The molecule has 0 bridgehead atoms. The Morgan fingerprint density at radius 2 is 2.16 bits per heavy atom. The van der Waals surface area contributed by atoms with Gasteiger partial charge in [-0.15, -0.1) is 0 Å². The molecule has 0 saturated carbocycles. The molecule has 3 saturated heterocycles. The number of carbonyl (C=O) groups is 2. The van der Waals surface area contributed by atoms with Crippen LogP contribution in [-0.4, -0.2) is 49.1 Å². The van der Waals surface area contributed by atoms with E-state index >= 15 is 0 Å². The van der Waals surface area contributed by atoms with Crippen LogP contribution in [0.15, 0.2) is 18.2 Å². The van der Waals surface area contributed by atoms with E-state index < -0.39 is 6.09 Å². The fourth-order valence-electron chi connectivity index (χ4n) is 3.67. The summed E-state index contributed by atoms with van der Waals surface area (Å²) in [7, 11) is 0. The fraction of sp³-hybridized carbons (Fsp3) is 0.556. The van der Waals surface area contributed by atoms with Gasteiger partial charge in [-0.3, -0.25) is 4.90 Å². The van der Waals surface area contributed by atoms with Gasteiger partial charge in [-0.1, -0.05) is 0 Å². The van der Waals surface area contributed by atoms with Crippen LogP contribution in [0.25, 0.3) is 0 Å². The fourth-order valence-corrected chi connectivity index (χ4v) is 4.82. The summed E-state index contributed by atoms with van der Waals surface area (Å²) in [5.41, 5.74) is 1.51. The van der Waals surface area contributed by atoms with E-state index in [4.69, 9.17) is 4.74 Å². The van der Waals surface area contributed by atoms with Gasteiger partial charge in [0.05, 0.1) is 17.9 Å². The van der Waals surface area contributed by atoms with Crippen molar-refractivity contribution < 1.29 is 18.7 Å². The molecule has 0 unspecified atom stereocenters. The Morgan fingerprint density at radius 1 is 1.40 bits per heavy atom. The second-order valence-corrected chi connectivity index (χ2v) is 8.33. The first-order chi connectivity index (χ1) is 12.0. The number of thioether (sulfide) groups is 1. The smallest absolute Gasteiger partial charge is 0.414 e. The minimum Gasteiger partial charge on any atom is -0.444 e. The molecule has 0 N–H and O–H groups in total. The van der Waals surface area contributed by atoms with Crippen molar-refractivity contribution in [2.45, 2.75) is 25.9 Å². The molecule has 0 aromatic heterocycles. The van der Waals surface area contributed by atoms with Crippen molar-refractivity contribution in [2.75, 3.05) is 40.9 Å². The highest BCUT2D eigenvalue weighted by molar-refractivity contribution is 8.00. The molecule has 7 heteroatoms. The van der Waals surface area contributed by atoms with E-state index in [0.717, 1.165) is 13.1 Å². The maximum atomic E-state index is 14.6. The molecule has 1 spiro atoms. The molecule has 3 fully saturated rings. The monoisotopic (exact) mass is 364 g/mol. The summed E-state index contributed by atoms with van der Waals surface area (Å²) >= 11 is 1.95. The molecule has 3 aliphatic heterocycles. The van der Waals surface area contributed by atoms with Gasteiger partial charge < -0.3 is 14.4 Å². The average molecular weight is 364 g/mol. The first-order valence-corrected chi connectivity index (χ1v) is 9.71. The number of amides is 1. The van der Waals surface area contributed by atoms with E-state index in [9.17, 15) is 14.0 Å². The number of benzene rings is 1. The lowest BCUT2D eigenvalue weighted by Gasteiger charge is -2.56. The van der Waals surface area contributed by atoms with E-state index in [1.165, 1.54) is 29.4 Å². The normalized spacial score (nSPS) is 24.1. The highest BCUT2D eigenvalue weighted by Gasteiger charge is 2.48. The topological polar surface area (TPSA) is 49.9 Å². The molecule has 3 heterocycles. The number of Topliss-reactive ketones (excluding diaryl/α,β-unsaturated/α-hetero) is 1. The summed E-state index contributed by atoms with van der Waals surface area (Å²) in [4.78, 5) is 26.6. The van der Waals surface area contributed by atoms with Gasteiger partial charge in [0.15, 0.2) is 0 Å². The molecule has 1 aromatic carbocycles. The van der Waals surface area contributed by atoms with Crippen LogP contribution in [-0.2, 0) is 9.53 Å². The van der Waals surface area contributed by atoms with Crippen LogP contribution in [0, 0.1) is 11.2 Å². The number of cyclic esters (lactones) is 1. The zero-order valence-corrected chi connectivity index (χ0v) is 15.0. The van der Waals surface area contributed by atoms with Gasteiger partial charge in [0.25, 0.3) is 0 Å². The molecule has 0 aliphatic carbocycles. The van der Waals surface area contributed by atoms with E-state index in [-0.39, 0.29) is 17.7 Å². The zero-order valence-electron chi connectivity index (χ0n) is 14.2. The van der Waals surface area contributed by atoms with Crippen LogP contribution in [0.1, 0.15) is 19.8 Å². The molecular formula is C18H21FN2O3S. The molecule has 1 amide bonds. The SMILES string of the molecule is CC(=O)CC[C@H]1CN(c2ccc(N3CC4(CSC4)C3)c(F)c2)C(=O)O1. The van der Waals surface area contributed by atoms with Crippen LogP contribution in [0.3, 0.4) is 0 Å². The maximum absolute atomic E-state index is 14.6.